The fourth-order valence-corrected chi connectivity index (χ4v) is 2.66. The highest BCUT2D eigenvalue weighted by Gasteiger charge is 2.18. The summed E-state index contributed by atoms with van der Waals surface area (Å²) in [6.07, 6.45) is 2.58. The van der Waals surface area contributed by atoms with Gasteiger partial charge in [-0.05, 0) is 50.6 Å². The van der Waals surface area contributed by atoms with Crippen molar-refractivity contribution in [1.29, 1.82) is 0 Å². The second-order valence-electron chi connectivity index (χ2n) is 5.17. The number of likely N-dealkylation sites (N-methyl/N-ethyl adjacent to an activating group) is 1. The molecule has 0 bridgehead atoms. The molecule has 0 amide bonds. The lowest BCUT2D eigenvalue weighted by molar-refractivity contribution is 0.188. The van der Waals surface area contributed by atoms with Gasteiger partial charge in [0.25, 0.3) is 0 Å². The van der Waals surface area contributed by atoms with Gasteiger partial charge < -0.3 is 10.1 Å². The molecule has 1 heterocycles. The van der Waals surface area contributed by atoms with Crippen LogP contribution in [0.2, 0.25) is 0 Å². The number of hydrogen-bond donors (Lipinski definition) is 1. The van der Waals surface area contributed by atoms with Gasteiger partial charge in [0.15, 0.2) is 0 Å². The van der Waals surface area contributed by atoms with Crippen LogP contribution in [0.3, 0.4) is 0 Å². The van der Waals surface area contributed by atoms with E-state index >= 15 is 0 Å². The van der Waals surface area contributed by atoms with Gasteiger partial charge in [-0.3, -0.25) is 4.90 Å². The molecule has 3 heteroatoms. The van der Waals surface area contributed by atoms with Crippen LogP contribution in [0, 0.1) is 6.92 Å². The van der Waals surface area contributed by atoms with Gasteiger partial charge in [0.2, 0.25) is 0 Å². The summed E-state index contributed by atoms with van der Waals surface area (Å²) in [6.45, 7) is 5.45. The van der Waals surface area contributed by atoms with Crippen molar-refractivity contribution in [3.63, 3.8) is 0 Å². The number of aryl methyl sites for hydroxylation is 1. The van der Waals surface area contributed by atoms with Crippen LogP contribution in [0.15, 0.2) is 18.2 Å². The minimum Gasteiger partial charge on any atom is -0.496 e. The van der Waals surface area contributed by atoms with Crippen LogP contribution < -0.4 is 10.1 Å². The number of nitrogens with one attached hydrogen (secondary N) is 1. The number of rotatable bonds is 4. The van der Waals surface area contributed by atoms with E-state index in [4.69, 9.17) is 4.74 Å². The molecule has 0 saturated carbocycles. The van der Waals surface area contributed by atoms with Gasteiger partial charge in [0.05, 0.1) is 7.11 Å². The molecule has 1 aliphatic rings. The van der Waals surface area contributed by atoms with Gasteiger partial charge in [-0.25, -0.2) is 0 Å². The van der Waals surface area contributed by atoms with E-state index in [2.05, 4.69) is 42.4 Å². The highest BCUT2D eigenvalue weighted by atomic mass is 16.5. The average Bonchev–Trinajstić information content (AvgIpc) is 2.41. The molecule has 1 atom stereocenters. The van der Waals surface area contributed by atoms with E-state index in [0.29, 0.717) is 6.04 Å². The van der Waals surface area contributed by atoms with Crippen molar-refractivity contribution in [3.05, 3.63) is 29.3 Å². The standard InChI is InChI=1S/C15H24N2O/c1-12-6-7-13(9-15(12)18-3)10-17-8-4-5-14(11-17)16-2/h6-7,9,14,16H,4-5,8,10-11H2,1-3H3. The average molecular weight is 248 g/mol. The van der Waals surface area contributed by atoms with Crippen molar-refractivity contribution in [3.8, 4) is 5.75 Å². The minimum absolute atomic E-state index is 0.645. The van der Waals surface area contributed by atoms with E-state index in [9.17, 15) is 0 Å². The molecular formula is C15H24N2O. The molecule has 1 fully saturated rings. The Morgan fingerprint density at radius 1 is 1.44 bits per heavy atom. The zero-order chi connectivity index (χ0) is 13.0. The van der Waals surface area contributed by atoms with Crippen molar-refractivity contribution in [2.24, 2.45) is 0 Å². The summed E-state index contributed by atoms with van der Waals surface area (Å²) in [5.74, 6) is 0.995. The number of likely N-dealkylation sites (tertiary alicyclic amines) is 1. The maximum absolute atomic E-state index is 5.39. The molecule has 0 aromatic heterocycles. The summed E-state index contributed by atoms with van der Waals surface area (Å²) in [7, 11) is 3.80. The SMILES string of the molecule is CNC1CCCN(Cc2ccc(C)c(OC)c2)C1. The number of hydrogen-bond acceptors (Lipinski definition) is 3. The first kappa shape index (κ1) is 13.4. The Bertz CT molecular complexity index is 392. The summed E-state index contributed by atoms with van der Waals surface area (Å²) in [4.78, 5) is 2.52. The molecule has 1 N–H and O–H groups in total. The second-order valence-corrected chi connectivity index (χ2v) is 5.17. The fourth-order valence-electron chi connectivity index (χ4n) is 2.66. The molecule has 1 aliphatic heterocycles. The third-order valence-electron chi connectivity index (χ3n) is 3.79. The lowest BCUT2D eigenvalue weighted by atomic mass is 10.0. The third kappa shape index (κ3) is 3.24. The Morgan fingerprint density at radius 3 is 3.00 bits per heavy atom. The lowest BCUT2D eigenvalue weighted by Crippen LogP contribution is -2.43. The van der Waals surface area contributed by atoms with Crippen molar-refractivity contribution in [2.45, 2.75) is 32.4 Å². The Balaban J connectivity index is 2.00. The predicted octanol–water partition coefficient (Wildman–Crippen LogP) is 2.19. The van der Waals surface area contributed by atoms with E-state index < -0.39 is 0 Å². The molecule has 1 unspecified atom stereocenters. The van der Waals surface area contributed by atoms with Crippen LogP contribution in [0.1, 0.15) is 24.0 Å². The molecule has 2 rings (SSSR count). The van der Waals surface area contributed by atoms with Crippen LogP contribution in [0.25, 0.3) is 0 Å². The third-order valence-corrected chi connectivity index (χ3v) is 3.79. The topological polar surface area (TPSA) is 24.5 Å². The molecule has 1 aromatic carbocycles. The molecule has 100 valence electrons. The number of methoxy groups -OCH3 is 1. The first-order valence-corrected chi connectivity index (χ1v) is 6.76. The highest BCUT2D eigenvalue weighted by molar-refractivity contribution is 5.36. The first-order valence-electron chi connectivity index (χ1n) is 6.76. The second kappa shape index (κ2) is 6.21. The Hall–Kier alpha value is -1.06. The Labute approximate surface area is 110 Å². The largest absolute Gasteiger partial charge is 0.496 e. The molecule has 3 nitrogen and oxygen atoms in total. The van der Waals surface area contributed by atoms with Crippen molar-refractivity contribution >= 4 is 0 Å². The molecule has 1 saturated heterocycles. The molecular weight excluding hydrogens is 224 g/mol. The maximum atomic E-state index is 5.39. The van der Waals surface area contributed by atoms with Gasteiger partial charge >= 0.3 is 0 Å². The summed E-state index contributed by atoms with van der Waals surface area (Å²) < 4.78 is 5.39. The van der Waals surface area contributed by atoms with Gasteiger partial charge in [0.1, 0.15) is 5.75 Å². The van der Waals surface area contributed by atoms with Crippen LogP contribution in [0.4, 0.5) is 0 Å². The van der Waals surface area contributed by atoms with Crippen LogP contribution in [0.5, 0.6) is 5.75 Å². The van der Waals surface area contributed by atoms with Gasteiger partial charge in [-0.1, -0.05) is 12.1 Å². The summed E-state index contributed by atoms with van der Waals surface area (Å²) in [5, 5.41) is 3.38. The van der Waals surface area contributed by atoms with E-state index in [0.717, 1.165) is 18.8 Å². The monoisotopic (exact) mass is 248 g/mol. The molecule has 18 heavy (non-hydrogen) atoms. The highest BCUT2D eigenvalue weighted by Crippen LogP contribution is 2.21. The van der Waals surface area contributed by atoms with E-state index in [1.165, 1.54) is 30.5 Å². The van der Waals surface area contributed by atoms with Gasteiger partial charge in [-0.2, -0.15) is 0 Å². The van der Waals surface area contributed by atoms with Crippen LogP contribution >= 0.6 is 0 Å². The number of ether oxygens (including phenoxy) is 1. The molecule has 0 spiro atoms. The van der Waals surface area contributed by atoms with E-state index in [1.807, 2.05) is 0 Å². The smallest absolute Gasteiger partial charge is 0.122 e. The molecule has 0 aliphatic carbocycles. The van der Waals surface area contributed by atoms with Crippen LogP contribution in [-0.2, 0) is 6.54 Å². The summed E-state index contributed by atoms with van der Waals surface area (Å²) >= 11 is 0. The van der Waals surface area contributed by atoms with E-state index in [-0.39, 0.29) is 0 Å². The Morgan fingerprint density at radius 2 is 2.28 bits per heavy atom. The van der Waals surface area contributed by atoms with Crippen molar-refractivity contribution < 1.29 is 4.74 Å². The minimum atomic E-state index is 0.645. The van der Waals surface area contributed by atoms with Gasteiger partial charge in [-0.15, -0.1) is 0 Å². The summed E-state index contributed by atoms with van der Waals surface area (Å²) in [5.41, 5.74) is 2.54. The number of piperidine rings is 1. The lowest BCUT2D eigenvalue weighted by Gasteiger charge is -2.32. The Kier molecular flexibility index (Phi) is 4.61. The predicted molar refractivity (Wildman–Crippen MR) is 75.1 cm³/mol. The molecule has 0 radical (unpaired) electrons. The van der Waals surface area contributed by atoms with Gasteiger partial charge in [0, 0.05) is 19.1 Å². The number of nitrogens with zero attached hydrogens (tertiary/aromatic N) is 1. The normalized spacial score (nSPS) is 20.9. The fraction of sp³-hybridized carbons (Fsp3) is 0.600. The first-order chi connectivity index (χ1) is 8.72. The van der Waals surface area contributed by atoms with Crippen LogP contribution in [-0.4, -0.2) is 38.2 Å². The van der Waals surface area contributed by atoms with Crippen molar-refractivity contribution in [2.75, 3.05) is 27.2 Å². The van der Waals surface area contributed by atoms with Crippen molar-refractivity contribution in [1.82, 2.24) is 10.2 Å². The molecule has 1 aromatic rings. The zero-order valence-electron chi connectivity index (χ0n) is 11.7. The maximum Gasteiger partial charge on any atom is 0.122 e. The van der Waals surface area contributed by atoms with E-state index in [1.54, 1.807) is 7.11 Å². The summed E-state index contributed by atoms with van der Waals surface area (Å²) in [6, 6.07) is 7.17. The quantitative estimate of drug-likeness (QED) is 0.884. The zero-order valence-corrected chi connectivity index (χ0v) is 11.7. The number of benzene rings is 1.